The molecule has 1 aliphatic carbocycles. The summed E-state index contributed by atoms with van der Waals surface area (Å²) in [7, 11) is 0. The van der Waals surface area contributed by atoms with Crippen molar-refractivity contribution in [3.63, 3.8) is 0 Å². The SMILES string of the molecule is O=C(COC(=O)c1c2c(nc3ccccc13)CCC2)NCC(=O)Nc1ccc(F)c(F)c1F. The maximum atomic E-state index is 13.6. The largest absolute Gasteiger partial charge is 0.452 e. The van der Waals surface area contributed by atoms with Crippen LogP contribution in [0.15, 0.2) is 36.4 Å². The lowest BCUT2D eigenvalue weighted by atomic mass is 10.0. The highest BCUT2D eigenvalue weighted by atomic mass is 19.2. The summed E-state index contributed by atoms with van der Waals surface area (Å²) in [6, 6.07) is 8.67. The third-order valence-electron chi connectivity index (χ3n) is 5.21. The van der Waals surface area contributed by atoms with E-state index in [0.29, 0.717) is 29.0 Å². The number of carbonyl (C=O) groups is 3. The Morgan fingerprint density at radius 3 is 2.58 bits per heavy atom. The van der Waals surface area contributed by atoms with E-state index in [4.69, 9.17) is 4.74 Å². The number of aromatic nitrogens is 1. The van der Waals surface area contributed by atoms with Crippen LogP contribution in [-0.2, 0) is 27.2 Å². The molecule has 2 amide bonds. The summed E-state index contributed by atoms with van der Waals surface area (Å²) in [4.78, 5) is 41.3. The molecule has 0 radical (unpaired) electrons. The van der Waals surface area contributed by atoms with Crippen molar-refractivity contribution < 1.29 is 32.3 Å². The summed E-state index contributed by atoms with van der Waals surface area (Å²) in [6.45, 7) is -1.24. The molecule has 2 aromatic carbocycles. The quantitative estimate of drug-likeness (QED) is 0.438. The first-order valence-electron chi connectivity index (χ1n) is 10.1. The predicted octanol–water partition coefficient (Wildman–Crippen LogP) is 3.05. The fourth-order valence-corrected chi connectivity index (χ4v) is 3.69. The molecule has 0 fully saturated rings. The molecule has 33 heavy (non-hydrogen) atoms. The minimum absolute atomic E-state index is 0.382. The first-order chi connectivity index (χ1) is 15.8. The average Bonchev–Trinajstić information content (AvgIpc) is 3.28. The summed E-state index contributed by atoms with van der Waals surface area (Å²) in [5.74, 6) is -6.99. The zero-order valence-electron chi connectivity index (χ0n) is 17.2. The van der Waals surface area contributed by atoms with Crippen LogP contribution in [0.1, 0.15) is 28.0 Å². The van der Waals surface area contributed by atoms with Gasteiger partial charge in [-0.15, -0.1) is 0 Å². The molecule has 10 heteroatoms. The number of ether oxygens (including phenoxy) is 1. The van der Waals surface area contributed by atoms with Gasteiger partial charge in [0.05, 0.1) is 23.3 Å². The van der Waals surface area contributed by atoms with Gasteiger partial charge in [0.15, 0.2) is 24.1 Å². The molecule has 0 aliphatic heterocycles. The summed E-state index contributed by atoms with van der Waals surface area (Å²) < 4.78 is 45.0. The standard InChI is InChI=1S/C23H18F3N3O4/c24-14-8-9-17(22(26)21(14)25)29-18(30)10-27-19(31)11-33-23(32)20-12-4-1-2-6-15(12)28-16-7-3-5-13(16)20/h1-2,4,6,8-9H,3,5,7,10-11H2,(H,27,31)(H,29,30). The second kappa shape index (κ2) is 9.27. The van der Waals surface area contributed by atoms with Crippen molar-refractivity contribution in [1.29, 1.82) is 0 Å². The Morgan fingerprint density at radius 2 is 1.76 bits per heavy atom. The monoisotopic (exact) mass is 457 g/mol. The Bertz CT molecular complexity index is 1280. The van der Waals surface area contributed by atoms with Gasteiger partial charge in [-0.1, -0.05) is 18.2 Å². The lowest BCUT2D eigenvalue weighted by Gasteiger charge is -2.12. The maximum absolute atomic E-state index is 13.6. The van der Waals surface area contributed by atoms with Gasteiger partial charge in [0.2, 0.25) is 5.91 Å². The van der Waals surface area contributed by atoms with Crippen LogP contribution in [0.2, 0.25) is 0 Å². The Kier molecular flexibility index (Phi) is 6.25. The number of hydrogen-bond acceptors (Lipinski definition) is 5. The van der Waals surface area contributed by atoms with Crippen LogP contribution < -0.4 is 10.6 Å². The van der Waals surface area contributed by atoms with E-state index in [-0.39, 0.29) is 0 Å². The van der Waals surface area contributed by atoms with Gasteiger partial charge in [0.1, 0.15) is 0 Å². The van der Waals surface area contributed by atoms with E-state index in [9.17, 15) is 27.6 Å². The van der Waals surface area contributed by atoms with E-state index >= 15 is 0 Å². The number of esters is 1. The van der Waals surface area contributed by atoms with Crippen molar-refractivity contribution in [2.24, 2.45) is 0 Å². The number of fused-ring (bicyclic) bond motifs is 2. The fraction of sp³-hybridized carbons (Fsp3) is 0.217. The van der Waals surface area contributed by atoms with Crippen molar-refractivity contribution in [2.45, 2.75) is 19.3 Å². The minimum atomic E-state index is -1.72. The van der Waals surface area contributed by atoms with Crippen LogP contribution >= 0.6 is 0 Å². The maximum Gasteiger partial charge on any atom is 0.339 e. The lowest BCUT2D eigenvalue weighted by Crippen LogP contribution is -2.35. The smallest absolute Gasteiger partial charge is 0.339 e. The molecule has 0 spiro atoms. The molecule has 3 aromatic rings. The number of pyridine rings is 1. The third kappa shape index (κ3) is 4.64. The normalized spacial score (nSPS) is 12.3. The molecule has 1 aromatic heterocycles. The Balaban J connectivity index is 1.35. The number of para-hydroxylation sites is 1. The zero-order valence-corrected chi connectivity index (χ0v) is 17.2. The predicted molar refractivity (Wildman–Crippen MR) is 112 cm³/mol. The van der Waals surface area contributed by atoms with Gasteiger partial charge in [0, 0.05) is 11.1 Å². The molecule has 7 nitrogen and oxygen atoms in total. The Labute approximate surface area is 185 Å². The van der Waals surface area contributed by atoms with Crippen molar-refractivity contribution in [1.82, 2.24) is 10.3 Å². The van der Waals surface area contributed by atoms with Crippen LogP contribution in [0.3, 0.4) is 0 Å². The van der Waals surface area contributed by atoms with Crippen LogP contribution in [0.25, 0.3) is 10.9 Å². The molecule has 1 aliphatic rings. The molecule has 0 unspecified atom stereocenters. The van der Waals surface area contributed by atoms with Crippen molar-refractivity contribution in [2.75, 3.05) is 18.5 Å². The lowest BCUT2D eigenvalue weighted by molar-refractivity contribution is -0.126. The summed E-state index contributed by atoms with van der Waals surface area (Å²) in [6.07, 6.45) is 2.31. The Morgan fingerprint density at radius 1 is 0.970 bits per heavy atom. The zero-order chi connectivity index (χ0) is 23.5. The number of anilines is 1. The highest BCUT2D eigenvalue weighted by molar-refractivity contribution is 6.05. The van der Waals surface area contributed by atoms with Crippen molar-refractivity contribution in [3.8, 4) is 0 Å². The molecule has 4 rings (SSSR count). The number of aryl methyl sites for hydroxylation is 1. The van der Waals surface area contributed by atoms with E-state index in [0.717, 1.165) is 30.2 Å². The molecule has 1 heterocycles. The minimum Gasteiger partial charge on any atom is -0.452 e. The highest BCUT2D eigenvalue weighted by Crippen LogP contribution is 2.30. The average molecular weight is 457 g/mol. The second-order valence-corrected chi connectivity index (χ2v) is 7.41. The van der Waals surface area contributed by atoms with Gasteiger partial charge in [-0.25, -0.2) is 18.0 Å². The first-order valence-corrected chi connectivity index (χ1v) is 10.1. The van der Waals surface area contributed by atoms with Gasteiger partial charge in [0.25, 0.3) is 5.91 Å². The van der Waals surface area contributed by atoms with Crippen molar-refractivity contribution in [3.05, 3.63) is 70.7 Å². The van der Waals surface area contributed by atoms with Crippen LogP contribution in [0, 0.1) is 17.5 Å². The van der Waals surface area contributed by atoms with Gasteiger partial charge in [-0.05, 0) is 43.0 Å². The number of halogens is 3. The van der Waals surface area contributed by atoms with E-state index in [1.165, 1.54) is 0 Å². The summed E-state index contributed by atoms with van der Waals surface area (Å²) >= 11 is 0. The van der Waals surface area contributed by atoms with Gasteiger partial charge >= 0.3 is 5.97 Å². The number of carbonyl (C=O) groups excluding carboxylic acids is 3. The molecule has 170 valence electrons. The molecule has 0 saturated carbocycles. The number of amides is 2. The number of hydrogen-bond donors (Lipinski definition) is 2. The number of benzene rings is 2. The Hall–Kier alpha value is -3.95. The first kappa shape index (κ1) is 22.3. The van der Waals surface area contributed by atoms with Crippen LogP contribution in [0.4, 0.5) is 18.9 Å². The second-order valence-electron chi connectivity index (χ2n) is 7.41. The third-order valence-corrected chi connectivity index (χ3v) is 5.21. The van der Waals surface area contributed by atoms with E-state index in [1.54, 1.807) is 18.2 Å². The van der Waals surface area contributed by atoms with Gasteiger partial charge < -0.3 is 15.4 Å². The van der Waals surface area contributed by atoms with Gasteiger partial charge in [-0.2, -0.15) is 0 Å². The topological polar surface area (TPSA) is 97.4 Å². The fourth-order valence-electron chi connectivity index (χ4n) is 3.69. The summed E-state index contributed by atoms with van der Waals surface area (Å²) in [5.41, 5.74) is 2.12. The molecule has 2 N–H and O–H groups in total. The van der Waals surface area contributed by atoms with E-state index in [1.807, 2.05) is 11.4 Å². The molecule has 0 atom stereocenters. The highest BCUT2D eigenvalue weighted by Gasteiger charge is 2.25. The van der Waals surface area contributed by atoms with Crippen LogP contribution in [-0.4, -0.2) is 35.9 Å². The number of nitrogens with zero attached hydrogens (tertiary/aromatic N) is 1. The number of rotatable bonds is 6. The molecule has 0 saturated heterocycles. The van der Waals surface area contributed by atoms with E-state index < -0.39 is 54.1 Å². The molecular formula is C23H18F3N3O4. The van der Waals surface area contributed by atoms with Gasteiger partial charge in [-0.3, -0.25) is 14.6 Å². The summed E-state index contributed by atoms with van der Waals surface area (Å²) in [5, 5.41) is 4.87. The number of nitrogens with one attached hydrogen (secondary N) is 2. The molecule has 0 bridgehead atoms. The van der Waals surface area contributed by atoms with Crippen LogP contribution in [0.5, 0.6) is 0 Å². The van der Waals surface area contributed by atoms with E-state index in [2.05, 4.69) is 10.3 Å². The van der Waals surface area contributed by atoms with Crippen molar-refractivity contribution >= 4 is 34.4 Å². The molecular weight excluding hydrogens is 439 g/mol.